The van der Waals surface area contributed by atoms with Crippen molar-refractivity contribution in [3.8, 4) is 5.75 Å². The summed E-state index contributed by atoms with van der Waals surface area (Å²) in [6.45, 7) is 2.68. The Balaban J connectivity index is 2.14. The summed E-state index contributed by atoms with van der Waals surface area (Å²) in [6, 6.07) is 16.2. The van der Waals surface area contributed by atoms with Crippen molar-refractivity contribution in [1.82, 2.24) is 4.90 Å². The van der Waals surface area contributed by atoms with E-state index in [1.165, 1.54) is 5.56 Å². The lowest BCUT2D eigenvalue weighted by molar-refractivity contribution is 0.269. The highest BCUT2D eigenvalue weighted by Gasteiger charge is 2.11. The van der Waals surface area contributed by atoms with E-state index >= 15 is 0 Å². The van der Waals surface area contributed by atoms with Gasteiger partial charge in [-0.2, -0.15) is 0 Å². The Kier molecular flexibility index (Phi) is 6.55. The molecule has 4 heteroatoms. The minimum Gasteiger partial charge on any atom is -0.496 e. The third kappa shape index (κ3) is 5.03. The van der Waals surface area contributed by atoms with Crippen LogP contribution in [0.4, 0.5) is 0 Å². The van der Waals surface area contributed by atoms with Crippen LogP contribution in [0.2, 0.25) is 5.02 Å². The van der Waals surface area contributed by atoms with Gasteiger partial charge in [-0.25, -0.2) is 0 Å². The van der Waals surface area contributed by atoms with Gasteiger partial charge in [0.15, 0.2) is 0 Å². The molecule has 0 amide bonds. The maximum atomic E-state index is 6.11. The van der Waals surface area contributed by atoms with Crippen molar-refractivity contribution in [2.75, 3.05) is 19.0 Å². The van der Waals surface area contributed by atoms with Gasteiger partial charge in [0.1, 0.15) is 5.75 Å². The van der Waals surface area contributed by atoms with Gasteiger partial charge in [-0.15, -0.1) is 0 Å². The molecule has 112 valence electrons. The standard InChI is InChI=1S/C17H19BrClNO/c1-21-17-8-7-16(19)11-15(17)13-20(10-9-18)12-14-5-3-2-4-6-14/h2-8,11H,9-10,12-13H2,1H3. The number of benzene rings is 2. The Bertz CT molecular complexity index is 562. The first-order chi connectivity index (χ1) is 10.2. The number of rotatable bonds is 7. The molecule has 2 rings (SSSR count). The summed E-state index contributed by atoms with van der Waals surface area (Å²) in [6.07, 6.45) is 0. The number of ether oxygens (including phenoxy) is 1. The predicted octanol–water partition coefficient (Wildman–Crippen LogP) is 4.75. The van der Waals surface area contributed by atoms with Crippen molar-refractivity contribution in [3.05, 3.63) is 64.7 Å². The molecule has 0 fully saturated rings. The molecule has 0 aromatic heterocycles. The SMILES string of the molecule is COc1ccc(Cl)cc1CN(CCBr)Cc1ccccc1. The molecular weight excluding hydrogens is 350 g/mol. The van der Waals surface area contributed by atoms with E-state index in [1.54, 1.807) is 7.11 Å². The second-order valence-corrected chi connectivity index (χ2v) is 6.07. The third-order valence-corrected chi connectivity index (χ3v) is 3.88. The normalized spacial score (nSPS) is 10.9. The van der Waals surface area contributed by atoms with Crippen molar-refractivity contribution >= 4 is 27.5 Å². The van der Waals surface area contributed by atoms with E-state index in [1.807, 2.05) is 24.3 Å². The van der Waals surface area contributed by atoms with E-state index in [0.717, 1.165) is 41.3 Å². The molecule has 0 saturated heterocycles. The molecule has 0 aliphatic heterocycles. The van der Waals surface area contributed by atoms with E-state index in [0.29, 0.717) is 0 Å². The summed E-state index contributed by atoms with van der Waals surface area (Å²) in [5.41, 5.74) is 2.42. The molecule has 0 atom stereocenters. The van der Waals surface area contributed by atoms with Crippen LogP contribution in [0.5, 0.6) is 5.75 Å². The maximum Gasteiger partial charge on any atom is 0.123 e. The van der Waals surface area contributed by atoms with Crippen LogP contribution in [0.1, 0.15) is 11.1 Å². The largest absolute Gasteiger partial charge is 0.496 e. The monoisotopic (exact) mass is 367 g/mol. The number of alkyl halides is 1. The Hall–Kier alpha value is -1.03. The van der Waals surface area contributed by atoms with E-state index in [9.17, 15) is 0 Å². The Morgan fingerprint density at radius 2 is 1.86 bits per heavy atom. The van der Waals surface area contributed by atoms with Crippen LogP contribution in [0.3, 0.4) is 0 Å². The second-order valence-electron chi connectivity index (χ2n) is 4.84. The minimum absolute atomic E-state index is 0.740. The van der Waals surface area contributed by atoms with Crippen molar-refractivity contribution in [3.63, 3.8) is 0 Å². The summed E-state index contributed by atoms with van der Waals surface area (Å²) >= 11 is 9.64. The van der Waals surface area contributed by atoms with E-state index in [-0.39, 0.29) is 0 Å². The van der Waals surface area contributed by atoms with E-state index in [2.05, 4.69) is 45.1 Å². The van der Waals surface area contributed by atoms with Gasteiger partial charge in [0, 0.05) is 35.6 Å². The number of hydrogen-bond donors (Lipinski definition) is 0. The lowest BCUT2D eigenvalue weighted by Crippen LogP contribution is -2.25. The van der Waals surface area contributed by atoms with Gasteiger partial charge < -0.3 is 4.74 Å². The zero-order valence-corrected chi connectivity index (χ0v) is 14.4. The quantitative estimate of drug-likeness (QED) is 0.654. The molecule has 2 aromatic rings. The average Bonchev–Trinajstić information content (AvgIpc) is 2.49. The van der Waals surface area contributed by atoms with Crippen LogP contribution in [0, 0.1) is 0 Å². The van der Waals surface area contributed by atoms with Crippen LogP contribution in [-0.4, -0.2) is 23.9 Å². The van der Waals surface area contributed by atoms with Crippen LogP contribution in [-0.2, 0) is 13.1 Å². The first kappa shape index (κ1) is 16.3. The fraction of sp³-hybridized carbons (Fsp3) is 0.294. The fourth-order valence-corrected chi connectivity index (χ4v) is 2.98. The van der Waals surface area contributed by atoms with Crippen LogP contribution >= 0.6 is 27.5 Å². The lowest BCUT2D eigenvalue weighted by atomic mass is 10.1. The fourth-order valence-electron chi connectivity index (χ4n) is 2.29. The molecule has 2 aromatic carbocycles. The van der Waals surface area contributed by atoms with Crippen molar-refractivity contribution in [2.24, 2.45) is 0 Å². The molecule has 0 saturated carbocycles. The van der Waals surface area contributed by atoms with E-state index < -0.39 is 0 Å². The van der Waals surface area contributed by atoms with Gasteiger partial charge in [-0.05, 0) is 23.8 Å². The van der Waals surface area contributed by atoms with Gasteiger partial charge in [-0.1, -0.05) is 57.9 Å². The predicted molar refractivity (Wildman–Crippen MR) is 92.4 cm³/mol. The highest BCUT2D eigenvalue weighted by molar-refractivity contribution is 9.09. The molecule has 0 aliphatic carbocycles. The Morgan fingerprint density at radius 3 is 2.52 bits per heavy atom. The molecule has 21 heavy (non-hydrogen) atoms. The molecule has 0 heterocycles. The number of methoxy groups -OCH3 is 1. The summed E-state index contributed by atoms with van der Waals surface area (Å²) < 4.78 is 5.43. The smallest absolute Gasteiger partial charge is 0.123 e. The lowest BCUT2D eigenvalue weighted by Gasteiger charge is -2.22. The summed E-state index contributed by atoms with van der Waals surface area (Å²) in [4.78, 5) is 2.37. The zero-order valence-electron chi connectivity index (χ0n) is 12.1. The minimum atomic E-state index is 0.740. The average molecular weight is 369 g/mol. The number of hydrogen-bond acceptors (Lipinski definition) is 2. The topological polar surface area (TPSA) is 12.5 Å². The second kappa shape index (κ2) is 8.42. The first-order valence-corrected chi connectivity index (χ1v) is 8.37. The summed E-state index contributed by atoms with van der Waals surface area (Å²) in [5, 5.41) is 1.67. The maximum absolute atomic E-state index is 6.11. The highest BCUT2D eigenvalue weighted by Crippen LogP contribution is 2.24. The van der Waals surface area contributed by atoms with Crippen LogP contribution in [0.25, 0.3) is 0 Å². The molecule has 2 nitrogen and oxygen atoms in total. The summed E-state index contributed by atoms with van der Waals surface area (Å²) in [7, 11) is 1.69. The third-order valence-electron chi connectivity index (χ3n) is 3.29. The zero-order chi connectivity index (χ0) is 15.1. The van der Waals surface area contributed by atoms with E-state index in [4.69, 9.17) is 16.3 Å². The van der Waals surface area contributed by atoms with Crippen molar-refractivity contribution < 1.29 is 4.74 Å². The van der Waals surface area contributed by atoms with Crippen molar-refractivity contribution in [2.45, 2.75) is 13.1 Å². The highest BCUT2D eigenvalue weighted by atomic mass is 79.9. The number of nitrogens with zero attached hydrogens (tertiary/aromatic N) is 1. The first-order valence-electron chi connectivity index (χ1n) is 6.87. The van der Waals surface area contributed by atoms with Crippen LogP contribution < -0.4 is 4.74 Å². The van der Waals surface area contributed by atoms with Crippen molar-refractivity contribution in [1.29, 1.82) is 0 Å². The number of halogens is 2. The molecule has 0 radical (unpaired) electrons. The Morgan fingerprint density at radius 1 is 1.10 bits per heavy atom. The molecule has 0 spiro atoms. The van der Waals surface area contributed by atoms with Gasteiger partial charge in [-0.3, -0.25) is 4.90 Å². The van der Waals surface area contributed by atoms with Crippen LogP contribution in [0.15, 0.2) is 48.5 Å². The van der Waals surface area contributed by atoms with Gasteiger partial charge in [0.25, 0.3) is 0 Å². The van der Waals surface area contributed by atoms with Gasteiger partial charge >= 0.3 is 0 Å². The van der Waals surface area contributed by atoms with Gasteiger partial charge in [0.2, 0.25) is 0 Å². The summed E-state index contributed by atoms with van der Waals surface area (Å²) in [5.74, 6) is 0.882. The molecule has 0 N–H and O–H groups in total. The molecule has 0 aliphatic rings. The molecule has 0 bridgehead atoms. The van der Waals surface area contributed by atoms with Gasteiger partial charge in [0.05, 0.1) is 7.11 Å². The molecular formula is C17H19BrClNO. The Labute approximate surface area is 139 Å². The molecule has 0 unspecified atom stereocenters.